The first kappa shape index (κ1) is 57.6. The van der Waals surface area contributed by atoms with Crippen LogP contribution in [0.3, 0.4) is 0 Å². The highest BCUT2D eigenvalue weighted by molar-refractivity contribution is 6.13. The number of likely N-dealkylation sites (tertiary alicyclic amines) is 1. The van der Waals surface area contributed by atoms with Crippen LogP contribution in [-0.2, 0) is 78.2 Å². The number of piperidine rings is 1. The van der Waals surface area contributed by atoms with Crippen molar-refractivity contribution in [2.75, 3.05) is 54.5 Å². The minimum atomic E-state index is -4.74. The summed E-state index contributed by atoms with van der Waals surface area (Å²) in [7, 11) is 1.81. The topological polar surface area (TPSA) is 231 Å². The number of alkyl halides is 3. The number of ether oxygens (including phenoxy) is 2. The molecule has 20 nitrogen and oxygen atoms in total. The molecule has 6 heterocycles. The van der Waals surface area contributed by atoms with Gasteiger partial charge < -0.3 is 30.0 Å². The summed E-state index contributed by atoms with van der Waals surface area (Å²) in [5.74, 6) is -1.88. The number of nitrogens with one attached hydrogen (secondary N) is 3. The van der Waals surface area contributed by atoms with Gasteiger partial charge in [-0.3, -0.25) is 48.4 Å². The zero-order chi connectivity index (χ0) is 56.8. The van der Waals surface area contributed by atoms with Crippen molar-refractivity contribution >= 4 is 58.9 Å². The molecule has 3 N–H and O–H groups in total. The minimum Gasteiger partial charge on any atom is -0.444 e. The van der Waals surface area contributed by atoms with Crippen LogP contribution in [0.25, 0.3) is 0 Å². The lowest BCUT2D eigenvalue weighted by atomic mass is 9.75. The standard InChI is InChI=1S/C56H68F3N11O9/c1-7-68(54(77)79-30-37-14-16-40(17-15-37)62-51(74)36(5)61-52(75)50(34(2)3)64-47(71)13-9-8-10-21-69-48(72)18-19-49(69)73)44-24-39(55(31-78-32-55)26-46-65-60-33-66(46)6)25-45(63-44)70-29-42-41(53(70)76)22-38(23-43(42)56(57,58)59)28-67-20-11-12-35(4)27-67/h14-19,22-25,33-36,50H,7-13,20-21,26-32H2,1-6H3,(H,61,75)(H,62,74)(H,64,71)/t35-,36?,50?/m0/s1. The molecule has 7 amide bonds. The fraction of sp³-hybridized carbons (Fsp3) is 0.500. The fourth-order valence-electron chi connectivity index (χ4n) is 10.3. The Labute approximate surface area is 456 Å². The van der Waals surface area contributed by atoms with Gasteiger partial charge in [0.25, 0.3) is 17.7 Å². The number of aromatic nitrogens is 4. The molecular weight excluding hydrogens is 1030 g/mol. The average Bonchev–Trinajstić information content (AvgIpc) is 4.31. The first-order chi connectivity index (χ1) is 37.6. The van der Waals surface area contributed by atoms with Crippen LogP contribution < -0.4 is 25.8 Å². The summed E-state index contributed by atoms with van der Waals surface area (Å²) in [6.07, 6.45) is 2.56. The van der Waals surface area contributed by atoms with E-state index in [9.17, 15) is 46.7 Å². The van der Waals surface area contributed by atoms with Gasteiger partial charge in [-0.1, -0.05) is 39.3 Å². The van der Waals surface area contributed by atoms with Crippen LogP contribution in [-0.4, -0.2) is 123 Å². The van der Waals surface area contributed by atoms with E-state index in [2.05, 4.69) is 38.0 Å². The number of anilines is 3. The number of imide groups is 1. The molecule has 2 aromatic carbocycles. The van der Waals surface area contributed by atoms with Crippen molar-refractivity contribution in [3.8, 4) is 0 Å². The van der Waals surface area contributed by atoms with Crippen molar-refractivity contribution in [3.05, 3.63) is 106 Å². The Balaban J connectivity index is 0.914. The van der Waals surface area contributed by atoms with E-state index in [1.165, 1.54) is 28.9 Å². The number of pyridine rings is 1. The number of hydrogen-bond donors (Lipinski definition) is 3. The van der Waals surface area contributed by atoms with E-state index in [1.807, 2.05) is 0 Å². The van der Waals surface area contributed by atoms with Crippen molar-refractivity contribution in [1.82, 2.24) is 40.2 Å². The van der Waals surface area contributed by atoms with Crippen molar-refractivity contribution < 1.29 is 56.2 Å². The molecule has 4 aromatic rings. The highest BCUT2D eigenvalue weighted by atomic mass is 19.4. The second-order valence-corrected chi connectivity index (χ2v) is 21.4. The lowest BCUT2D eigenvalue weighted by Crippen LogP contribution is -2.53. The maximum Gasteiger partial charge on any atom is 0.416 e. The summed E-state index contributed by atoms with van der Waals surface area (Å²) in [6, 6.07) is 10.7. The Kier molecular flexibility index (Phi) is 18.0. The summed E-state index contributed by atoms with van der Waals surface area (Å²) in [5.41, 5.74) is 0.179. The maximum atomic E-state index is 14.9. The van der Waals surface area contributed by atoms with Gasteiger partial charge in [0, 0.05) is 74.9 Å². The van der Waals surface area contributed by atoms with Crippen molar-refractivity contribution in [2.45, 2.75) is 123 Å². The average molecular weight is 1100 g/mol. The van der Waals surface area contributed by atoms with Crippen molar-refractivity contribution in [2.24, 2.45) is 18.9 Å². The van der Waals surface area contributed by atoms with Gasteiger partial charge in [0.05, 0.1) is 25.3 Å². The molecule has 422 valence electrons. The third kappa shape index (κ3) is 13.7. The van der Waals surface area contributed by atoms with E-state index in [0.717, 1.165) is 36.9 Å². The van der Waals surface area contributed by atoms with Crippen LogP contribution in [0.4, 0.5) is 35.3 Å². The van der Waals surface area contributed by atoms with Gasteiger partial charge in [0.15, 0.2) is 0 Å². The van der Waals surface area contributed by atoms with Gasteiger partial charge in [0.1, 0.15) is 42.5 Å². The van der Waals surface area contributed by atoms with Gasteiger partial charge in [-0.15, -0.1) is 10.2 Å². The molecular formula is C56H68F3N11O9. The van der Waals surface area contributed by atoms with E-state index in [4.69, 9.17) is 14.5 Å². The number of hydrogen-bond acceptors (Lipinski definition) is 13. The van der Waals surface area contributed by atoms with Crippen LogP contribution in [0, 0.1) is 11.8 Å². The Bertz CT molecular complexity index is 2960. The molecule has 3 atom stereocenters. The molecule has 0 bridgehead atoms. The zero-order valence-electron chi connectivity index (χ0n) is 45.4. The number of halogens is 3. The quantitative estimate of drug-likeness (QED) is 0.0575. The number of carbonyl (C=O) groups excluding carboxylic acids is 7. The molecule has 2 fully saturated rings. The van der Waals surface area contributed by atoms with Gasteiger partial charge in [0.2, 0.25) is 17.7 Å². The number of unbranched alkanes of at least 4 members (excludes halogenated alkanes) is 2. The molecule has 79 heavy (non-hydrogen) atoms. The van der Waals surface area contributed by atoms with E-state index in [-0.39, 0.29) is 92.3 Å². The fourth-order valence-corrected chi connectivity index (χ4v) is 10.3. The van der Waals surface area contributed by atoms with Crippen LogP contribution in [0.2, 0.25) is 0 Å². The number of nitrogens with zero attached hydrogens (tertiary/aromatic N) is 8. The third-order valence-corrected chi connectivity index (χ3v) is 14.9. The van der Waals surface area contributed by atoms with Crippen LogP contribution in [0.1, 0.15) is 117 Å². The summed E-state index contributed by atoms with van der Waals surface area (Å²) in [6.45, 7) is 10.8. The summed E-state index contributed by atoms with van der Waals surface area (Å²) >= 11 is 0. The number of carbonyl (C=O) groups is 7. The number of benzene rings is 2. The summed E-state index contributed by atoms with van der Waals surface area (Å²) < 4.78 is 58.0. The monoisotopic (exact) mass is 1100 g/mol. The Morgan fingerprint density at radius 1 is 0.937 bits per heavy atom. The second kappa shape index (κ2) is 24.6. The Hall–Kier alpha value is -7.53. The summed E-state index contributed by atoms with van der Waals surface area (Å²) in [5, 5.41) is 16.5. The number of fused-ring (bicyclic) bond motifs is 1. The maximum absolute atomic E-state index is 14.9. The molecule has 0 aliphatic carbocycles. The third-order valence-electron chi connectivity index (χ3n) is 14.9. The minimum absolute atomic E-state index is 0.0467. The second-order valence-electron chi connectivity index (χ2n) is 21.4. The SMILES string of the molecule is CCN(C(=O)OCc1ccc(NC(=O)C(C)NC(=O)C(NC(=O)CCCCCN2C(=O)C=CC2=O)C(C)C)cc1)c1cc(C2(Cc3nncn3C)COC2)cc(N2Cc3c(cc(CN4CCC[C@H](C)C4)cc3C(F)(F)F)C2=O)n1. The van der Waals surface area contributed by atoms with E-state index in [1.54, 1.807) is 81.2 Å². The lowest BCUT2D eigenvalue weighted by molar-refractivity contribution is -0.138. The van der Waals surface area contributed by atoms with Crippen molar-refractivity contribution in [1.29, 1.82) is 0 Å². The number of rotatable bonds is 22. The van der Waals surface area contributed by atoms with E-state index < -0.39 is 59.6 Å². The predicted molar refractivity (Wildman–Crippen MR) is 284 cm³/mol. The molecule has 23 heteroatoms. The molecule has 0 saturated carbocycles. The first-order valence-corrected chi connectivity index (χ1v) is 26.8. The molecule has 0 radical (unpaired) electrons. The van der Waals surface area contributed by atoms with Crippen LogP contribution in [0.15, 0.2) is 67.0 Å². The van der Waals surface area contributed by atoms with Gasteiger partial charge >= 0.3 is 12.3 Å². The van der Waals surface area contributed by atoms with Gasteiger partial charge in [-0.25, -0.2) is 9.78 Å². The van der Waals surface area contributed by atoms with E-state index >= 15 is 0 Å². The van der Waals surface area contributed by atoms with Crippen molar-refractivity contribution in [3.63, 3.8) is 0 Å². The Morgan fingerprint density at radius 2 is 1.67 bits per heavy atom. The highest BCUT2D eigenvalue weighted by Gasteiger charge is 2.45. The molecule has 4 aliphatic heterocycles. The number of amides is 7. The zero-order valence-corrected chi connectivity index (χ0v) is 45.4. The van der Waals surface area contributed by atoms with E-state index in [0.29, 0.717) is 59.8 Å². The molecule has 2 aromatic heterocycles. The Morgan fingerprint density at radius 3 is 2.30 bits per heavy atom. The van der Waals surface area contributed by atoms with Gasteiger partial charge in [-0.2, -0.15) is 13.2 Å². The van der Waals surface area contributed by atoms with Gasteiger partial charge in [-0.05, 0) is 117 Å². The predicted octanol–water partition coefficient (Wildman–Crippen LogP) is 6.36. The largest absolute Gasteiger partial charge is 0.444 e. The first-order valence-electron chi connectivity index (χ1n) is 26.8. The summed E-state index contributed by atoms with van der Waals surface area (Å²) in [4.78, 5) is 102. The smallest absolute Gasteiger partial charge is 0.416 e. The highest BCUT2D eigenvalue weighted by Crippen LogP contribution is 2.43. The molecule has 4 aliphatic rings. The molecule has 2 saturated heterocycles. The lowest BCUT2D eigenvalue weighted by Gasteiger charge is -2.42. The number of aryl methyl sites for hydroxylation is 1. The molecule has 8 rings (SSSR count). The molecule has 2 unspecified atom stereocenters. The van der Waals surface area contributed by atoms with Crippen LogP contribution in [0.5, 0.6) is 0 Å². The molecule has 0 spiro atoms. The normalized spacial score (nSPS) is 17.8. The van der Waals surface area contributed by atoms with Crippen LogP contribution >= 0.6 is 0 Å².